The summed E-state index contributed by atoms with van der Waals surface area (Å²) in [5.41, 5.74) is 1.86. The van der Waals surface area contributed by atoms with Crippen LogP contribution in [-0.2, 0) is 22.9 Å². The molecular formula is C18H24N2O3S. The third-order valence-electron chi connectivity index (χ3n) is 4.56. The van der Waals surface area contributed by atoms with Gasteiger partial charge in [-0.15, -0.1) is 0 Å². The van der Waals surface area contributed by atoms with Gasteiger partial charge in [-0.3, -0.25) is 0 Å². The first kappa shape index (κ1) is 17.2. The maximum atomic E-state index is 13.0. The number of aryl methyl sites for hydroxylation is 2. The first-order valence-electron chi connectivity index (χ1n) is 8.62. The molecule has 0 aliphatic carbocycles. The summed E-state index contributed by atoms with van der Waals surface area (Å²) in [6.07, 6.45) is 4.32. The van der Waals surface area contributed by atoms with Gasteiger partial charge in [-0.05, 0) is 43.4 Å². The lowest BCUT2D eigenvalue weighted by atomic mass is 10.1. The molecule has 1 aliphatic rings. The molecule has 1 saturated heterocycles. The lowest BCUT2D eigenvalue weighted by molar-refractivity contribution is 0.343. The molecule has 0 amide bonds. The van der Waals surface area contributed by atoms with Gasteiger partial charge in [-0.25, -0.2) is 8.42 Å². The minimum atomic E-state index is -3.51. The third-order valence-corrected chi connectivity index (χ3v) is 6.48. The van der Waals surface area contributed by atoms with Crippen LogP contribution in [0.2, 0.25) is 0 Å². The van der Waals surface area contributed by atoms with Crippen molar-refractivity contribution in [3.63, 3.8) is 0 Å². The van der Waals surface area contributed by atoms with Crippen molar-refractivity contribution in [1.82, 2.24) is 9.46 Å². The zero-order chi connectivity index (χ0) is 17.2. The van der Waals surface area contributed by atoms with Crippen LogP contribution in [0.25, 0.3) is 0 Å². The monoisotopic (exact) mass is 348 g/mol. The molecule has 0 unspecified atom stereocenters. The van der Waals surface area contributed by atoms with E-state index in [-0.39, 0.29) is 6.04 Å². The Balaban J connectivity index is 1.87. The second-order valence-corrected chi connectivity index (χ2v) is 8.13. The SMILES string of the molecule is CCCc1cc([C@@H]2CCCN2S(=O)(=O)c2ccc(CC)cc2)no1. The van der Waals surface area contributed by atoms with Gasteiger partial charge in [-0.1, -0.05) is 31.1 Å². The number of hydrogen-bond acceptors (Lipinski definition) is 4. The van der Waals surface area contributed by atoms with Gasteiger partial charge < -0.3 is 4.52 Å². The molecule has 5 nitrogen and oxygen atoms in total. The van der Waals surface area contributed by atoms with Gasteiger partial charge in [0, 0.05) is 19.0 Å². The molecule has 6 heteroatoms. The van der Waals surface area contributed by atoms with Crippen LogP contribution in [0.3, 0.4) is 0 Å². The second-order valence-electron chi connectivity index (χ2n) is 6.24. The summed E-state index contributed by atoms with van der Waals surface area (Å²) in [5.74, 6) is 0.823. The number of sulfonamides is 1. The predicted octanol–water partition coefficient (Wildman–Crippen LogP) is 3.72. The summed E-state index contributed by atoms with van der Waals surface area (Å²) in [7, 11) is -3.51. The highest BCUT2D eigenvalue weighted by molar-refractivity contribution is 7.89. The van der Waals surface area contributed by atoms with Crippen LogP contribution < -0.4 is 0 Å². The summed E-state index contributed by atoms with van der Waals surface area (Å²) < 4.78 is 32.9. The van der Waals surface area contributed by atoms with Crippen LogP contribution in [0.5, 0.6) is 0 Å². The Morgan fingerprint density at radius 3 is 2.67 bits per heavy atom. The van der Waals surface area contributed by atoms with E-state index in [1.54, 1.807) is 16.4 Å². The molecule has 1 aromatic heterocycles. The molecule has 1 aliphatic heterocycles. The minimum Gasteiger partial charge on any atom is -0.361 e. The van der Waals surface area contributed by atoms with Crippen LogP contribution >= 0.6 is 0 Å². The molecule has 2 heterocycles. The van der Waals surface area contributed by atoms with Crippen molar-refractivity contribution in [2.24, 2.45) is 0 Å². The normalized spacial score (nSPS) is 19.0. The summed E-state index contributed by atoms with van der Waals surface area (Å²) in [6, 6.07) is 8.85. The van der Waals surface area contributed by atoms with E-state index in [1.165, 1.54) is 0 Å². The predicted molar refractivity (Wildman–Crippen MR) is 92.2 cm³/mol. The van der Waals surface area contributed by atoms with Crippen LogP contribution in [0.4, 0.5) is 0 Å². The standard InChI is InChI=1S/C18H24N2O3S/c1-3-6-15-13-17(19-23-15)18-7-5-12-20(18)24(21,22)16-10-8-14(4-2)9-11-16/h8-11,13,18H,3-7,12H2,1-2H3/t18-/m0/s1. The topological polar surface area (TPSA) is 63.4 Å². The second kappa shape index (κ2) is 7.07. The van der Waals surface area contributed by atoms with Gasteiger partial charge in [0.25, 0.3) is 0 Å². The number of benzene rings is 1. The summed E-state index contributed by atoms with van der Waals surface area (Å²) in [5, 5.41) is 4.12. The van der Waals surface area contributed by atoms with E-state index in [2.05, 4.69) is 19.0 Å². The quantitative estimate of drug-likeness (QED) is 0.798. The van der Waals surface area contributed by atoms with Gasteiger partial charge in [0.15, 0.2) is 0 Å². The van der Waals surface area contributed by atoms with E-state index in [4.69, 9.17) is 4.52 Å². The van der Waals surface area contributed by atoms with Crippen molar-refractivity contribution in [1.29, 1.82) is 0 Å². The van der Waals surface area contributed by atoms with E-state index in [1.807, 2.05) is 18.2 Å². The highest BCUT2D eigenvalue weighted by atomic mass is 32.2. The fourth-order valence-corrected chi connectivity index (χ4v) is 4.87. The summed E-state index contributed by atoms with van der Waals surface area (Å²) in [4.78, 5) is 0.351. The Labute approximate surface area is 143 Å². The van der Waals surface area contributed by atoms with Crippen molar-refractivity contribution >= 4 is 10.0 Å². The van der Waals surface area contributed by atoms with Crippen LogP contribution in [-0.4, -0.2) is 24.4 Å². The van der Waals surface area contributed by atoms with Gasteiger partial charge in [0.2, 0.25) is 10.0 Å². The maximum Gasteiger partial charge on any atom is 0.243 e. The molecule has 0 N–H and O–H groups in total. The number of hydrogen-bond donors (Lipinski definition) is 0. The van der Waals surface area contributed by atoms with Crippen molar-refractivity contribution in [3.8, 4) is 0 Å². The van der Waals surface area contributed by atoms with Crippen molar-refractivity contribution in [2.75, 3.05) is 6.54 Å². The lowest BCUT2D eigenvalue weighted by Gasteiger charge is -2.22. The van der Waals surface area contributed by atoms with Gasteiger partial charge >= 0.3 is 0 Å². The molecule has 1 aromatic carbocycles. The van der Waals surface area contributed by atoms with Crippen LogP contribution in [0.1, 0.15) is 56.2 Å². The average Bonchev–Trinajstić information content (AvgIpc) is 3.24. The molecule has 3 rings (SSSR count). The minimum absolute atomic E-state index is 0.227. The Morgan fingerprint density at radius 2 is 2.00 bits per heavy atom. The Kier molecular flexibility index (Phi) is 5.06. The summed E-state index contributed by atoms with van der Waals surface area (Å²) >= 11 is 0. The van der Waals surface area contributed by atoms with E-state index < -0.39 is 10.0 Å². The third kappa shape index (κ3) is 3.26. The molecule has 2 aromatic rings. The largest absolute Gasteiger partial charge is 0.361 e. The van der Waals surface area contributed by atoms with E-state index >= 15 is 0 Å². The zero-order valence-electron chi connectivity index (χ0n) is 14.2. The zero-order valence-corrected chi connectivity index (χ0v) is 15.1. The van der Waals surface area contributed by atoms with Gasteiger partial charge in [0.1, 0.15) is 11.5 Å². The van der Waals surface area contributed by atoms with Crippen molar-refractivity contribution < 1.29 is 12.9 Å². The Hall–Kier alpha value is -1.66. The van der Waals surface area contributed by atoms with Crippen molar-refractivity contribution in [2.45, 2.75) is 56.9 Å². The molecular weight excluding hydrogens is 324 g/mol. The molecule has 0 radical (unpaired) electrons. The van der Waals surface area contributed by atoms with E-state index in [0.29, 0.717) is 11.4 Å². The molecule has 1 atom stereocenters. The first-order valence-corrected chi connectivity index (χ1v) is 10.1. The summed E-state index contributed by atoms with van der Waals surface area (Å²) in [6.45, 7) is 4.66. The first-order chi connectivity index (χ1) is 11.6. The van der Waals surface area contributed by atoms with E-state index in [9.17, 15) is 8.42 Å². The molecule has 1 fully saturated rings. The van der Waals surface area contributed by atoms with Gasteiger partial charge in [0.05, 0.1) is 10.9 Å². The fourth-order valence-electron chi connectivity index (χ4n) is 3.21. The Bertz CT molecular complexity index is 781. The Morgan fingerprint density at radius 1 is 1.25 bits per heavy atom. The van der Waals surface area contributed by atoms with Crippen LogP contribution in [0, 0.1) is 0 Å². The average molecular weight is 348 g/mol. The highest BCUT2D eigenvalue weighted by Crippen LogP contribution is 2.36. The molecule has 0 spiro atoms. The number of aromatic nitrogens is 1. The van der Waals surface area contributed by atoms with E-state index in [0.717, 1.165) is 49.1 Å². The number of nitrogens with zero attached hydrogens (tertiary/aromatic N) is 2. The smallest absolute Gasteiger partial charge is 0.243 e. The molecule has 24 heavy (non-hydrogen) atoms. The molecule has 130 valence electrons. The fraction of sp³-hybridized carbons (Fsp3) is 0.500. The molecule has 0 bridgehead atoms. The highest BCUT2D eigenvalue weighted by Gasteiger charge is 2.37. The maximum absolute atomic E-state index is 13.0. The number of rotatable bonds is 6. The lowest BCUT2D eigenvalue weighted by Crippen LogP contribution is -2.30. The van der Waals surface area contributed by atoms with Crippen LogP contribution in [0.15, 0.2) is 39.8 Å². The molecule has 0 saturated carbocycles. The van der Waals surface area contributed by atoms with Crippen molar-refractivity contribution in [3.05, 3.63) is 47.3 Å². The van der Waals surface area contributed by atoms with Gasteiger partial charge in [-0.2, -0.15) is 4.31 Å².